The largest absolute Gasteiger partial charge is 0.486 e. The number of nitrogens with one attached hydrogen (secondary N) is 3. The van der Waals surface area contributed by atoms with Gasteiger partial charge in [0.2, 0.25) is 11.2 Å². The standard InChI is InChI=1S/C24H34FN3O2.C12H8FNO3/c1-2-3-4-5-6-7-8-9-14-26-19-11-12-21(20(25)18-19)30-22-13-16-28-24-23(22)29-17-10-15-27-24;13-8-3-1-7(2-4-8)9-5-14-6-10(11(9)15)12(16)17/h11-13,16,18,26H,2-10,14-15,17H2,1H3,(H,27,28);1-6H,(H,14,15)(H,16,17). The molecule has 0 amide bonds. The van der Waals surface area contributed by atoms with Crippen molar-refractivity contribution in [3.8, 4) is 28.4 Å². The van der Waals surface area contributed by atoms with Crippen LogP contribution in [0, 0.1) is 11.6 Å². The van der Waals surface area contributed by atoms with Gasteiger partial charge in [-0.2, -0.15) is 0 Å². The molecule has 0 bridgehead atoms. The van der Waals surface area contributed by atoms with Crippen LogP contribution in [-0.2, 0) is 0 Å². The number of halogens is 2. The zero-order chi connectivity index (χ0) is 33.4. The highest BCUT2D eigenvalue weighted by Crippen LogP contribution is 2.38. The fourth-order valence-corrected chi connectivity index (χ4v) is 5.02. The molecular weight excluding hydrogens is 606 g/mol. The fourth-order valence-electron chi connectivity index (χ4n) is 5.02. The molecule has 0 saturated heterocycles. The number of carboxylic acids is 1. The molecular formula is C36H42F2N4O5. The van der Waals surface area contributed by atoms with Crippen LogP contribution in [0.4, 0.5) is 20.3 Å². The maximum absolute atomic E-state index is 14.6. The number of hydrogen-bond donors (Lipinski definition) is 4. The van der Waals surface area contributed by atoms with Crippen LogP contribution < -0.4 is 25.5 Å². The number of ether oxygens (including phenoxy) is 2. The summed E-state index contributed by atoms with van der Waals surface area (Å²) in [6, 6.07) is 11.9. The molecule has 11 heteroatoms. The number of aromatic nitrogens is 2. The van der Waals surface area contributed by atoms with Crippen molar-refractivity contribution in [1.82, 2.24) is 9.97 Å². The Hall–Kier alpha value is -4.93. The third-order valence-corrected chi connectivity index (χ3v) is 7.57. The summed E-state index contributed by atoms with van der Waals surface area (Å²) in [7, 11) is 0. The Morgan fingerprint density at radius 3 is 2.45 bits per heavy atom. The minimum absolute atomic E-state index is 0.175. The van der Waals surface area contributed by atoms with E-state index in [1.807, 2.05) is 6.07 Å². The van der Waals surface area contributed by atoms with Gasteiger partial charge in [0.25, 0.3) is 0 Å². The van der Waals surface area contributed by atoms with Gasteiger partial charge in [0.15, 0.2) is 23.1 Å². The summed E-state index contributed by atoms with van der Waals surface area (Å²) in [5, 5.41) is 15.3. The fraction of sp³-hybridized carbons (Fsp3) is 0.361. The average Bonchev–Trinajstić information content (AvgIpc) is 3.32. The summed E-state index contributed by atoms with van der Waals surface area (Å²) in [5.74, 6) is -0.306. The molecule has 0 saturated carbocycles. The molecule has 0 radical (unpaired) electrons. The molecule has 0 fully saturated rings. The van der Waals surface area contributed by atoms with Crippen molar-refractivity contribution >= 4 is 17.5 Å². The first-order chi connectivity index (χ1) is 22.9. The number of rotatable bonds is 14. The van der Waals surface area contributed by atoms with Crippen LogP contribution in [0.25, 0.3) is 11.1 Å². The molecule has 1 aliphatic rings. The summed E-state index contributed by atoms with van der Waals surface area (Å²) in [6.07, 6.45) is 15.3. The number of fused-ring (bicyclic) bond motifs is 1. The summed E-state index contributed by atoms with van der Waals surface area (Å²) >= 11 is 0. The molecule has 2 aromatic heterocycles. The maximum Gasteiger partial charge on any atom is 0.341 e. The third kappa shape index (κ3) is 10.6. The van der Waals surface area contributed by atoms with E-state index < -0.39 is 23.0 Å². The SMILES string of the molecule is CCCCCCCCCCNc1ccc(Oc2ccnc3c2OCCCN3)c(F)c1.O=C(O)c1c[nH]cc(-c2ccc(F)cc2)c1=O. The van der Waals surface area contributed by atoms with E-state index in [-0.39, 0.29) is 16.9 Å². The van der Waals surface area contributed by atoms with Gasteiger partial charge in [-0.25, -0.2) is 18.6 Å². The molecule has 250 valence electrons. The van der Waals surface area contributed by atoms with Crippen LogP contribution in [0.3, 0.4) is 0 Å². The summed E-state index contributed by atoms with van der Waals surface area (Å²) < 4.78 is 38.9. The highest BCUT2D eigenvalue weighted by Gasteiger charge is 2.17. The van der Waals surface area contributed by atoms with Crippen LogP contribution in [0.15, 0.2) is 71.9 Å². The van der Waals surface area contributed by atoms with Gasteiger partial charge in [0.1, 0.15) is 11.4 Å². The number of aromatic carboxylic acids is 1. The molecule has 47 heavy (non-hydrogen) atoms. The van der Waals surface area contributed by atoms with Crippen LogP contribution in [0.1, 0.15) is 75.1 Å². The molecule has 0 spiro atoms. The number of unbranched alkanes of at least 4 members (excludes halogenated alkanes) is 7. The Morgan fingerprint density at radius 1 is 0.979 bits per heavy atom. The number of pyridine rings is 2. The van der Waals surface area contributed by atoms with E-state index in [1.165, 1.54) is 81.5 Å². The second kappa shape index (κ2) is 18.3. The van der Waals surface area contributed by atoms with E-state index in [1.54, 1.807) is 18.3 Å². The Balaban J connectivity index is 0.000000248. The molecule has 0 aliphatic carbocycles. The van der Waals surface area contributed by atoms with Gasteiger partial charge >= 0.3 is 5.97 Å². The van der Waals surface area contributed by atoms with Crippen molar-refractivity contribution in [2.75, 3.05) is 30.3 Å². The van der Waals surface area contributed by atoms with Crippen LogP contribution in [-0.4, -0.2) is 40.7 Å². The lowest BCUT2D eigenvalue weighted by Gasteiger charge is -2.14. The van der Waals surface area contributed by atoms with Crippen LogP contribution in [0.2, 0.25) is 0 Å². The lowest BCUT2D eigenvalue weighted by Crippen LogP contribution is -2.16. The zero-order valence-corrected chi connectivity index (χ0v) is 26.6. The Morgan fingerprint density at radius 2 is 1.72 bits per heavy atom. The smallest absolute Gasteiger partial charge is 0.341 e. The van der Waals surface area contributed by atoms with E-state index in [0.717, 1.165) is 37.8 Å². The minimum atomic E-state index is -1.30. The first-order valence-electron chi connectivity index (χ1n) is 16.1. The normalized spacial score (nSPS) is 12.0. The average molecular weight is 649 g/mol. The van der Waals surface area contributed by atoms with Crippen molar-refractivity contribution in [2.45, 2.75) is 64.7 Å². The quantitative estimate of drug-likeness (QED) is 0.100. The van der Waals surface area contributed by atoms with Crippen molar-refractivity contribution < 1.29 is 28.2 Å². The molecule has 1 aliphatic heterocycles. The number of hydrogen-bond acceptors (Lipinski definition) is 7. The van der Waals surface area contributed by atoms with E-state index in [2.05, 4.69) is 27.5 Å². The van der Waals surface area contributed by atoms with Crippen molar-refractivity contribution in [3.63, 3.8) is 0 Å². The Bertz CT molecular complexity index is 1650. The highest BCUT2D eigenvalue weighted by molar-refractivity contribution is 5.88. The monoisotopic (exact) mass is 648 g/mol. The summed E-state index contributed by atoms with van der Waals surface area (Å²) in [6.45, 7) is 4.46. The predicted molar refractivity (Wildman–Crippen MR) is 180 cm³/mol. The number of carbonyl (C=O) groups is 1. The van der Waals surface area contributed by atoms with E-state index in [4.69, 9.17) is 14.6 Å². The van der Waals surface area contributed by atoms with Crippen molar-refractivity contribution in [1.29, 1.82) is 0 Å². The van der Waals surface area contributed by atoms with Gasteiger partial charge in [-0.3, -0.25) is 4.79 Å². The van der Waals surface area contributed by atoms with Crippen molar-refractivity contribution in [2.24, 2.45) is 0 Å². The summed E-state index contributed by atoms with van der Waals surface area (Å²) in [5.41, 5.74) is 0.504. The Labute approximate surface area is 273 Å². The topological polar surface area (TPSA) is 126 Å². The number of benzene rings is 2. The summed E-state index contributed by atoms with van der Waals surface area (Å²) in [4.78, 5) is 29.4. The molecule has 0 atom stereocenters. The molecule has 4 N–H and O–H groups in total. The van der Waals surface area contributed by atoms with Gasteiger partial charge in [0.05, 0.1) is 6.61 Å². The first-order valence-corrected chi connectivity index (χ1v) is 16.1. The third-order valence-electron chi connectivity index (χ3n) is 7.57. The molecule has 5 rings (SSSR count). The molecule has 0 unspecified atom stereocenters. The Kier molecular flexibility index (Phi) is 13.6. The second-order valence-electron chi connectivity index (χ2n) is 11.2. The van der Waals surface area contributed by atoms with Gasteiger partial charge < -0.3 is 30.2 Å². The van der Waals surface area contributed by atoms with Crippen molar-refractivity contribution in [3.05, 3.63) is 94.5 Å². The minimum Gasteiger partial charge on any atom is -0.486 e. The maximum atomic E-state index is 14.6. The number of carboxylic acid groups (broad SMARTS) is 1. The van der Waals surface area contributed by atoms with E-state index in [9.17, 15) is 18.4 Å². The first kappa shape index (κ1) is 34.9. The lowest BCUT2D eigenvalue weighted by atomic mass is 10.1. The highest BCUT2D eigenvalue weighted by atomic mass is 19.1. The van der Waals surface area contributed by atoms with Crippen LogP contribution >= 0.6 is 0 Å². The molecule has 4 aromatic rings. The number of aromatic amines is 1. The number of nitrogens with zero attached hydrogens (tertiary/aromatic N) is 1. The lowest BCUT2D eigenvalue weighted by molar-refractivity contribution is 0.0695. The van der Waals surface area contributed by atoms with E-state index in [0.29, 0.717) is 29.5 Å². The number of anilines is 2. The predicted octanol–water partition coefficient (Wildman–Crippen LogP) is 8.64. The van der Waals surface area contributed by atoms with Gasteiger partial charge in [0, 0.05) is 55.1 Å². The molecule has 2 aromatic carbocycles. The zero-order valence-electron chi connectivity index (χ0n) is 26.6. The second-order valence-corrected chi connectivity index (χ2v) is 11.2. The van der Waals surface area contributed by atoms with Gasteiger partial charge in [-0.05, 0) is 42.7 Å². The van der Waals surface area contributed by atoms with Gasteiger partial charge in [-0.15, -0.1) is 0 Å². The van der Waals surface area contributed by atoms with Gasteiger partial charge in [-0.1, -0.05) is 64.0 Å². The van der Waals surface area contributed by atoms with E-state index >= 15 is 0 Å². The molecule has 9 nitrogen and oxygen atoms in total. The molecule has 3 heterocycles. The van der Waals surface area contributed by atoms with Crippen LogP contribution in [0.5, 0.6) is 17.2 Å². The number of H-pyrrole nitrogens is 1.